The molecule has 1 saturated carbocycles. The number of hydrogen-bond donors (Lipinski definition) is 1. The molecule has 0 saturated heterocycles. The molecule has 28 heavy (non-hydrogen) atoms. The maximum Gasteiger partial charge on any atom is 0.341 e. The van der Waals surface area contributed by atoms with E-state index in [9.17, 15) is 19.1 Å². The number of carboxylic acid groups (broad SMARTS) is 1. The summed E-state index contributed by atoms with van der Waals surface area (Å²) in [4.78, 5) is 26.6. The minimum Gasteiger partial charge on any atom is -0.477 e. The number of carboxylic acids is 1. The van der Waals surface area contributed by atoms with Crippen LogP contribution in [0.5, 0.6) is 0 Å². The number of aromatic nitrogens is 2. The lowest BCUT2D eigenvalue weighted by Gasteiger charge is -2.32. The van der Waals surface area contributed by atoms with Crippen molar-refractivity contribution in [1.29, 1.82) is 0 Å². The molecular weight excluding hydrogens is 361 g/mol. The Labute approximate surface area is 164 Å². The first-order valence-corrected chi connectivity index (χ1v) is 9.70. The summed E-state index contributed by atoms with van der Waals surface area (Å²) in [5.41, 5.74) is 0.326. The molecule has 2 aromatic rings. The average Bonchev–Trinajstić information content (AvgIpc) is 3.07. The molecule has 1 amide bonds. The third kappa shape index (κ3) is 4.08. The lowest BCUT2D eigenvalue weighted by molar-refractivity contribution is -0.123. The summed E-state index contributed by atoms with van der Waals surface area (Å²) in [6.45, 7) is 5.87. The number of nitrogens with zero attached hydrogens (tertiary/aromatic N) is 3. The number of aromatic carboxylic acids is 1. The van der Waals surface area contributed by atoms with Crippen molar-refractivity contribution in [2.75, 3.05) is 4.90 Å². The lowest BCUT2D eigenvalue weighted by atomic mass is 9.82. The Balaban J connectivity index is 2.00. The molecular formula is C21H26FN3O3. The number of anilines is 1. The van der Waals surface area contributed by atoms with Crippen LogP contribution in [0.25, 0.3) is 5.69 Å². The number of carbonyl (C=O) groups is 2. The van der Waals surface area contributed by atoms with Gasteiger partial charge in [-0.15, -0.1) is 5.10 Å². The predicted octanol–water partition coefficient (Wildman–Crippen LogP) is 4.28. The quantitative estimate of drug-likeness (QED) is 0.831. The van der Waals surface area contributed by atoms with Gasteiger partial charge in [0.15, 0.2) is 5.82 Å². The minimum absolute atomic E-state index is 0.0736. The zero-order valence-electron chi connectivity index (χ0n) is 16.4. The average molecular weight is 387 g/mol. The smallest absolute Gasteiger partial charge is 0.341 e. The van der Waals surface area contributed by atoms with E-state index in [1.807, 2.05) is 13.8 Å². The van der Waals surface area contributed by atoms with Gasteiger partial charge in [0.05, 0.1) is 5.69 Å². The zero-order valence-corrected chi connectivity index (χ0v) is 16.4. The number of hydrogen-bond acceptors (Lipinski definition) is 3. The van der Waals surface area contributed by atoms with Crippen molar-refractivity contribution in [3.8, 4) is 5.69 Å². The van der Waals surface area contributed by atoms with Gasteiger partial charge in [0.1, 0.15) is 11.4 Å². The van der Waals surface area contributed by atoms with Crippen LogP contribution in [-0.4, -0.2) is 32.8 Å². The Morgan fingerprint density at radius 1 is 1.25 bits per heavy atom. The fourth-order valence-electron chi connectivity index (χ4n) is 3.75. The van der Waals surface area contributed by atoms with E-state index in [0.717, 1.165) is 25.7 Å². The molecule has 1 aliphatic rings. The van der Waals surface area contributed by atoms with Gasteiger partial charge in [0.2, 0.25) is 5.91 Å². The number of carbonyl (C=O) groups excluding carboxylic acids is 1. The highest BCUT2D eigenvalue weighted by molar-refractivity contribution is 6.01. The second-order valence-corrected chi connectivity index (χ2v) is 7.85. The van der Waals surface area contributed by atoms with Crippen LogP contribution in [0.3, 0.4) is 0 Å². The maximum absolute atomic E-state index is 13.6. The Kier molecular flexibility index (Phi) is 5.82. The molecule has 150 valence electrons. The zero-order chi connectivity index (χ0) is 20.4. The lowest BCUT2D eigenvalue weighted by Crippen LogP contribution is -2.43. The van der Waals surface area contributed by atoms with Crippen molar-refractivity contribution in [2.24, 2.45) is 11.8 Å². The van der Waals surface area contributed by atoms with Gasteiger partial charge in [-0.25, -0.2) is 13.9 Å². The second-order valence-electron chi connectivity index (χ2n) is 7.85. The third-order valence-corrected chi connectivity index (χ3v) is 5.35. The van der Waals surface area contributed by atoms with E-state index in [1.165, 1.54) is 34.0 Å². The first-order chi connectivity index (χ1) is 13.3. The van der Waals surface area contributed by atoms with Crippen LogP contribution < -0.4 is 4.90 Å². The first kappa shape index (κ1) is 20.0. The van der Waals surface area contributed by atoms with Crippen LogP contribution in [0.4, 0.5) is 10.2 Å². The number of benzene rings is 1. The SMILES string of the molecule is CC1CCC(C(=O)N(c2nn(-c3cccc(F)c3)cc2C(=O)O)C(C)C)CC1. The molecule has 6 nitrogen and oxygen atoms in total. The van der Waals surface area contributed by atoms with E-state index >= 15 is 0 Å². The molecule has 1 fully saturated rings. The summed E-state index contributed by atoms with van der Waals surface area (Å²) >= 11 is 0. The highest BCUT2D eigenvalue weighted by Gasteiger charge is 2.34. The fourth-order valence-corrected chi connectivity index (χ4v) is 3.75. The van der Waals surface area contributed by atoms with Crippen LogP contribution in [-0.2, 0) is 4.79 Å². The molecule has 0 bridgehead atoms. The van der Waals surface area contributed by atoms with Gasteiger partial charge in [-0.2, -0.15) is 0 Å². The number of rotatable bonds is 5. The molecule has 3 rings (SSSR count). The summed E-state index contributed by atoms with van der Waals surface area (Å²) < 4.78 is 14.9. The van der Waals surface area contributed by atoms with E-state index in [4.69, 9.17) is 0 Å². The van der Waals surface area contributed by atoms with Gasteiger partial charge >= 0.3 is 5.97 Å². The Morgan fingerprint density at radius 2 is 1.93 bits per heavy atom. The van der Waals surface area contributed by atoms with Gasteiger partial charge in [-0.05, 0) is 63.6 Å². The molecule has 1 N–H and O–H groups in total. The second kappa shape index (κ2) is 8.12. The Hall–Kier alpha value is -2.70. The minimum atomic E-state index is -1.17. The molecule has 1 heterocycles. The summed E-state index contributed by atoms with van der Waals surface area (Å²) in [5.74, 6) is -1.12. The molecule has 0 radical (unpaired) electrons. The van der Waals surface area contributed by atoms with E-state index in [1.54, 1.807) is 6.07 Å². The molecule has 7 heteroatoms. The standard InChI is InChI=1S/C21H26FN3O3/c1-13(2)25(20(26)15-9-7-14(3)8-10-15)19-18(21(27)28)12-24(23-19)17-6-4-5-16(22)11-17/h4-6,11-15H,7-10H2,1-3H3,(H,27,28). The number of halogens is 1. The Bertz CT molecular complexity index is 870. The molecule has 0 atom stereocenters. The highest BCUT2D eigenvalue weighted by Crippen LogP contribution is 2.32. The van der Waals surface area contributed by atoms with Gasteiger partial charge in [0, 0.05) is 18.2 Å². The molecule has 1 aromatic carbocycles. The third-order valence-electron chi connectivity index (χ3n) is 5.35. The summed E-state index contributed by atoms with van der Waals surface area (Å²) in [5, 5.41) is 14.0. The van der Waals surface area contributed by atoms with Crippen LogP contribution >= 0.6 is 0 Å². The van der Waals surface area contributed by atoms with Gasteiger partial charge < -0.3 is 5.11 Å². The van der Waals surface area contributed by atoms with Crippen LogP contribution in [0.1, 0.15) is 56.8 Å². The van der Waals surface area contributed by atoms with E-state index < -0.39 is 11.8 Å². The summed E-state index contributed by atoms with van der Waals surface area (Å²) in [6.07, 6.45) is 4.92. The van der Waals surface area contributed by atoms with Gasteiger partial charge in [-0.1, -0.05) is 13.0 Å². The molecule has 0 spiro atoms. The molecule has 0 aliphatic heterocycles. The fraction of sp³-hybridized carbons (Fsp3) is 0.476. The molecule has 1 aromatic heterocycles. The molecule has 0 unspecified atom stereocenters. The predicted molar refractivity (Wildman–Crippen MR) is 104 cm³/mol. The Morgan fingerprint density at radius 3 is 2.50 bits per heavy atom. The first-order valence-electron chi connectivity index (χ1n) is 9.70. The van der Waals surface area contributed by atoms with E-state index in [2.05, 4.69) is 12.0 Å². The van der Waals surface area contributed by atoms with Gasteiger partial charge in [0.25, 0.3) is 0 Å². The normalized spacial score (nSPS) is 19.6. The van der Waals surface area contributed by atoms with Crippen molar-refractivity contribution in [2.45, 2.75) is 52.5 Å². The van der Waals surface area contributed by atoms with Crippen LogP contribution in [0.2, 0.25) is 0 Å². The topological polar surface area (TPSA) is 75.4 Å². The van der Waals surface area contributed by atoms with E-state index in [-0.39, 0.29) is 29.2 Å². The van der Waals surface area contributed by atoms with Crippen molar-refractivity contribution in [3.05, 3.63) is 41.8 Å². The summed E-state index contributed by atoms with van der Waals surface area (Å²) in [7, 11) is 0. The monoisotopic (exact) mass is 387 g/mol. The van der Waals surface area contributed by atoms with Crippen LogP contribution in [0, 0.1) is 17.7 Å². The van der Waals surface area contributed by atoms with Crippen LogP contribution in [0.15, 0.2) is 30.5 Å². The maximum atomic E-state index is 13.6. The highest BCUT2D eigenvalue weighted by atomic mass is 19.1. The number of amides is 1. The van der Waals surface area contributed by atoms with Crippen molar-refractivity contribution in [3.63, 3.8) is 0 Å². The van der Waals surface area contributed by atoms with Crippen molar-refractivity contribution in [1.82, 2.24) is 9.78 Å². The van der Waals surface area contributed by atoms with Crippen molar-refractivity contribution < 1.29 is 19.1 Å². The van der Waals surface area contributed by atoms with Crippen molar-refractivity contribution >= 4 is 17.7 Å². The van der Waals surface area contributed by atoms with E-state index in [0.29, 0.717) is 11.6 Å². The summed E-state index contributed by atoms with van der Waals surface area (Å²) in [6, 6.07) is 5.49. The largest absolute Gasteiger partial charge is 0.477 e. The van der Waals surface area contributed by atoms with Gasteiger partial charge in [-0.3, -0.25) is 9.69 Å². The molecule has 1 aliphatic carbocycles.